The van der Waals surface area contributed by atoms with Gasteiger partial charge >= 0.3 is 18.2 Å². The Bertz CT molecular complexity index is 1350. The van der Waals surface area contributed by atoms with E-state index in [0.29, 0.717) is 13.2 Å². The highest BCUT2D eigenvalue weighted by molar-refractivity contribution is 5.81. The number of rotatable bonds is 14. The maximum atomic E-state index is 12.4. The lowest BCUT2D eigenvalue weighted by molar-refractivity contribution is -0.143. The summed E-state index contributed by atoms with van der Waals surface area (Å²) < 4.78 is 21.4. The van der Waals surface area contributed by atoms with E-state index in [1.165, 1.54) is 7.11 Å². The highest BCUT2D eigenvalue weighted by Gasteiger charge is 2.23. The molecule has 1 atom stereocenters. The molecule has 3 aromatic carbocycles. The van der Waals surface area contributed by atoms with Gasteiger partial charge in [-0.1, -0.05) is 67.6 Å². The lowest BCUT2D eigenvalue weighted by Gasteiger charge is -2.19. The monoisotopic (exact) mass is 604 g/mol. The van der Waals surface area contributed by atoms with Crippen molar-refractivity contribution in [2.24, 2.45) is 0 Å². The molecule has 0 spiro atoms. The van der Waals surface area contributed by atoms with Crippen molar-refractivity contribution in [3.05, 3.63) is 89.5 Å². The molecule has 1 unspecified atom stereocenters. The Balaban J connectivity index is 1.52. The third kappa shape index (κ3) is 11.6. The van der Waals surface area contributed by atoms with Gasteiger partial charge in [0, 0.05) is 13.0 Å². The van der Waals surface area contributed by atoms with Gasteiger partial charge in [0.25, 0.3) is 0 Å². The molecule has 3 aromatic rings. The predicted molar refractivity (Wildman–Crippen MR) is 169 cm³/mol. The molecule has 0 radical (unpaired) electrons. The van der Waals surface area contributed by atoms with E-state index in [1.807, 2.05) is 81.4 Å². The summed E-state index contributed by atoms with van der Waals surface area (Å²) in [6.07, 6.45) is 1.57. The third-order valence-electron chi connectivity index (χ3n) is 6.66. The van der Waals surface area contributed by atoms with Gasteiger partial charge in [-0.25, -0.2) is 14.4 Å². The zero-order valence-corrected chi connectivity index (χ0v) is 26.3. The van der Waals surface area contributed by atoms with Gasteiger partial charge in [-0.15, -0.1) is 0 Å². The summed E-state index contributed by atoms with van der Waals surface area (Å²) >= 11 is 0. The summed E-state index contributed by atoms with van der Waals surface area (Å²) in [7, 11) is 1.29. The Kier molecular flexibility index (Phi) is 13.1. The molecule has 44 heavy (non-hydrogen) atoms. The van der Waals surface area contributed by atoms with Gasteiger partial charge in [0.2, 0.25) is 0 Å². The van der Waals surface area contributed by atoms with E-state index in [1.54, 1.807) is 0 Å². The number of alkyl carbamates (subject to hydrolysis) is 2. The molecular weight excluding hydrogens is 560 g/mol. The quantitative estimate of drug-likeness (QED) is 0.121. The fraction of sp³-hybridized carbons (Fsp3) is 0.400. The number of amides is 2. The molecule has 2 N–H and O–H groups in total. The van der Waals surface area contributed by atoms with Crippen LogP contribution in [0, 0.1) is 0 Å². The average molecular weight is 605 g/mol. The largest absolute Gasteiger partial charge is 0.494 e. The van der Waals surface area contributed by atoms with Crippen molar-refractivity contribution in [3.63, 3.8) is 0 Å². The molecule has 0 bridgehead atoms. The molecule has 0 aliphatic carbocycles. The summed E-state index contributed by atoms with van der Waals surface area (Å²) in [6.45, 7) is 8.78. The maximum absolute atomic E-state index is 12.4. The Morgan fingerprint density at radius 1 is 0.864 bits per heavy atom. The van der Waals surface area contributed by atoms with E-state index in [2.05, 4.69) is 29.7 Å². The molecule has 3 rings (SSSR count). The number of nitrogens with one attached hydrogen (secondary N) is 2. The van der Waals surface area contributed by atoms with Gasteiger partial charge in [0.1, 0.15) is 24.0 Å². The molecule has 236 valence electrons. The van der Waals surface area contributed by atoms with Crippen LogP contribution in [0.25, 0.3) is 11.1 Å². The van der Waals surface area contributed by atoms with Crippen LogP contribution in [0.2, 0.25) is 0 Å². The van der Waals surface area contributed by atoms with Gasteiger partial charge in [-0.2, -0.15) is 0 Å². The number of carbonyl (C=O) groups excluding carboxylic acids is 3. The van der Waals surface area contributed by atoms with E-state index in [0.717, 1.165) is 52.8 Å². The summed E-state index contributed by atoms with van der Waals surface area (Å²) in [4.78, 5) is 36.5. The van der Waals surface area contributed by atoms with Crippen LogP contribution in [-0.2, 0) is 38.5 Å². The number of esters is 1. The van der Waals surface area contributed by atoms with Crippen molar-refractivity contribution in [2.75, 3.05) is 20.3 Å². The molecule has 9 nitrogen and oxygen atoms in total. The highest BCUT2D eigenvalue weighted by atomic mass is 16.6. The Hall–Kier alpha value is -4.53. The van der Waals surface area contributed by atoms with Crippen LogP contribution in [0.4, 0.5) is 9.59 Å². The molecule has 0 aliphatic rings. The van der Waals surface area contributed by atoms with E-state index in [4.69, 9.17) is 18.9 Å². The standard InChI is InChI=1S/C35H44N2O7/c1-6-27-23-29(42-21-11-10-20-36-33(39)44-35(2,3)4)18-19-30(27)28-16-14-25(15-17-28)22-31(32(38)41-5)37-34(40)43-24-26-12-8-7-9-13-26/h7-9,12-19,23,31H,6,10-11,20-22,24H2,1-5H3,(H,36,39)(H,37,40). The number of hydrogen-bond donors (Lipinski definition) is 2. The number of carbonyl (C=O) groups is 3. The molecule has 2 amide bonds. The van der Waals surface area contributed by atoms with Crippen molar-refractivity contribution < 1.29 is 33.3 Å². The number of benzene rings is 3. The van der Waals surface area contributed by atoms with E-state index in [9.17, 15) is 14.4 Å². The maximum Gasteiger partial charge on any atom is 0.408 e. The van der Waals surface area contributed by atoms with Gasteiger partial charge in [0.15, 0.2) is 0 Å². The van der Waals surface area contributed by atoms with Gasteiger partial charge in [-0.3, -0.25) is 0 Å². The minimum atomic E-state index is -0.884. The smallest absolute Gasteiger partial charge is 0.408 e. The number of unbranched alkanes of at least 4 members (excludes halogenated alkanes) is 1. The normalized spacial score (nSPS) is 11.7. The first-order chi connectivity index (χ1) is 21.1. The minimum Gasteiger partial charge on any atom is -0.494 e. The first-order valence-corrected chi connectivity index (χ1v) is 14.9. The van der Waals surface area contributed by atoms with Gasteiger partial charge in [-0.05, 0) is 80.0 Å². The Labute approximate surface area is 260 Å². The van der Waals surface area contributed by atoms with Crippen molar-refractivity contribution >= 4 is 18.2 Å². The predicted octanol–water partition coefficient (Wildman–Crippen LogP) is 6.61. The van der Waals surface area contributed by atoms with Crippen LogP contribution < -0.4 is 15.4 Å². The molecule has 0 saturated heterocycles. The van der Waals surface area contributed by atoms with Gasteiger partial charge in [0.05, 0.1) is 13.7 Å². The van der Waals surface area contributed by atoms with Crippen molar-refractivity contribution in [1.29, 1.82) is 0 Å². The fourth-order valence-electron chi connectivity index (χ4n) is 4.45. The summed E-state index contributed by atoms with van der Waals surface area (Å²) in [5.74, 6) is 0.252. The van der Waals surface area contributed by atoms with Crippen molar-refractivity contribution in [2.45, 2.75) is 71.6 Å². The van der Waals surface area contributed by atoms with Crippen LogP contribution >= 0.6 is 0 Å². The van der Waals surface area contributed by atoms with Crippen LogP contribution in [0.3, 0.4) is 0 Å². The third-order valence-corrected chi connectivity index (χ3v) is 6.66. The lowest BCUT2D eigenvalue weighted by Crippen LogP contribution is -2.43. The number of aryl methyl sites for hydroxylation is 1. The number of ether oxygens (including phenoxy) is 4. The van der Waals surface area contributed by atoms with E-state index < -0.39 is 29.8 Å². The zero-order chi connectivity index (χ0) is 32.0. The molecule has 0 aliphatic heterocycles. The Morgan fingerprint density at radius 2 is 1.59 bits per heavy atom. The second-order valence-electron chi connectivity index (χ2n) is 11.3. The summed E-state index contributed by atoms with van der Waals surface area (Å²) in [5.41, 5.74) is 4.49. The first kappa shape index (κ1) is 34.0. The second-order valence-corrected chi connectivity index (χ2v) is 11.3. The SMILES string of the molecule is CCc1cc(OCCCCNC(=O)OC(C)(C)C)ccc1-c1ccc(CC(NC(=O)OCc2ccccc2)C(=O)OC)cc1. The van der Waals surface area contributed by atoms with Crippen LogP contribution in [0.5, 0.6) is 5.75 Å². The number of methoxy groups -OCH3 is 1. The van der Waals surface area contributed by atoms with Crippen molar-refractivity contribution in [3.8, 4) is 16.9 Å². The topological polar surface area (TPSA) is 112 Å². The number of hydrogen-bond acceptors (Lipinski definition) is 7. The fourth-order valence-corrected chi connectivity index (χ4v) is 4.45. The summed E-state index contributed by atoms with van der Waals surface area (Å²) in [6, 6.07) is 22.4. The van der Waals surface area contributed by atoms with Crippen LogP contribution in [0.1, 0.15) is 57.2 Å². The molecule has 0 saturated carbocycles. The second kappa shape index (κ2) is 16.9. The first-order valence-electron chi connectivity index (χ1n) is 14.9. The highest BCUT2D eigenvalue weighted by Crippen LogP contribution is 2.28. The van der Waals surface area contributed by atoms with Crippen LogP contribution in [-0.4, -0.2) is 50.1 Å². The van der Waals surface area contributed by atoms with Gasteiger partial charge < -0.3 is 29.6 Å². The molecular formula is C35H44N2O7. The van der Waals surface area contributed by atoms with E-state index in [-0.39, 0.29) is 13.0 Å². The molecule has 0 aromatic heterocycles. The van der Waals surface area contributed by atoms with Crippen LogP contribution in [0.15, 0.2) is 72.8 Å². The molecule has 0 fully saturated rings. The molecule has 0 heterocycles. The molecule has 9 heteroatoms. The zero-order valence-electron chi connectivity index (χ0n) is 26.3. The minimum absolute atomic E-state index is 0.103. The van der Waals surface area contributed by atoms with Crippen molar-refractivity contribution in [1.82, 2.24) is 10.6 Å². The summed E-state index contributed by atoms with van der Waals surface area (Å²) in [5, 5.41) is 5.38. The Morgan fingerprint density at radius 3 is 2.25 bits per heavy atom. The average Bonchev–Trinajstić information content (AvgIpc) is 3.01. The van der Waals surface area contributed by atoms with E-state index >= 15 is 0 Å². The lowest BCUT2D eigenvalue weighted by atomic mass is 9.96.